The Morgan fingerprint density at radius 1 is 1.38 bits per heavy atom. The van der Waals surface area contributed by atoms with Gasteiger partial charge in [-0.15, -0.1) is 0 Å². The van der Waals surface area contributed by atoms with Gasteiger partial charge >= 0.3 is 6.18 Å². The highest BCUT2D eigenvalue weighted by atomic mass is 19.4. The van der Waals surface area contributed by atoms with Crippen molar-refractivity contribution in [3.8, 4) is 5.69 Å². The summed E-state index contributed by atoms with van der Waals surface area (Å²) < 4.78 is 39.7. The van der Waals surface area contributed by atoms with Crippen LogP contribution in [0.25, 0.3) is 5.69 Å². The zero-order chi connectivity index (χ0) is 15.6. The Kier molecular flexibility index (Phi) is 3.99. The molecule has 3 N–H and O–H groups in total. The third-order valence-electron chi connectivity index (χ3n) is 2.93. The molecule has 2 aromatic rings. The second kappa shape index (κ2) is 5.57. The quantitative estimate of drug-likeness (QED) is 0.906. The fraction of sp³-hybridized carbons (Fsp3) is 0.231. The Labute approximate surface area is 118 Å². The number of rotatable bonds is 3. The van der Waals surface area contributed by atoms with Crippen LogP contribution in [0.5, 0.6) is 0 Å². The number of carbonyl (C=O) groups is 1. The molecule has 0 aliphatic carbocycles. The van der Waals surface area contributed by atoms with Gasteiger partial charge in [-0.05, 0) is 29.8 Å². The molecule has 112 valence electrons. The summed E-state index contributed by atoms with van der Waals surface area (Å²) in [7, 11) is 1.46. The Bertz CT molecular complexity index is 664. The highest BCUT2D eigenvalue weighted by molar-refractivity contribution is 5.91. The van der Waals surface area contributed by atoms with Crippen LogP contribution in [0.3, 0.4) is 0 Å². The van der Waals surface area contributed by atoms with Crippen LogP contribution in [0.2, 0.25) is 0 Å². The molecule has 0 atom stereocenters. The maximum Gasteiger partial charge on any atom is 0.416 e. The number of alkyl halides is 3. The molecule has 0 aliphatic heterocycles. The van der Waals surface area contributed by atoms with Crippen molar-refractivity contribution >= 4 is 5.91 Å². The maximum absolute atomic E-state index is 12.8. The fourth-order valence-corrected chi connectivity index (χ4v) is 1.88. The molecule has 0 bridgehead atoms. The molecule has 0 radical (unpaired) electrons. The first-order valence-corrected chi connectivity index (χ1v) is 6.05. The minimum atomic E-state index is -4.45. The molecule has 0 spiro atoms. The summed E-state index contributed by atoms with van der Waals surface area (Å²) in [5, 5.41) is 6.42. The first kappa shape index (κ1) is 15.0. The topological polar surface area (TPSA) is 72.9 Å². The van der Waals surface area contributed by atoms with E-state index in [2.05, 4.69) is 10.4 Å². The van der Waals surface area contributed by atoms with Crippen molar-refractivity contribution in [3.63, 3.8) is 0 Å². The van der Waals surface area contributed by atoms with Crippen LogP contribution < -0.4 is 11.1 Å². The third-order valence-corrected chi connectivity index (χ3v) is 2.93. The number of hydrogen-bond donors (Lipinski definition) is 2. The van der Waals surface area contributed by atoms with Crippen LogP contribution in [0.15, 0.2) is 30.5 Å². The lowest BCUT2D eigenvalue weighted by molar-refractivity contribution is -0.138. The van der Waals surface area contributed by atoms with Crippen LogP contribution in [-0.4, -0.2) is 22.7 Å². The molecule has 1 aromatic carbocycles. The molecule has 0 unspecified atom stereocenters. The monoisotopic (exact) mass is 298 g/mol. The zero-order valence-electron chi connectivity index (χ0n) is 11.1. The van der Waals surface area contributed by atoms with E-state index in [4.69, 9.17) is 5.73 Å². The van der Waals surface area contributed by atoms with Crippen LogP contribution >= 0.6 is 0 Å². The summed E-state index contributed by atoms with van der Waals surface area (Å²) in [6.45, 7) is -0.244. The number of benzene rings is 1. The van der Waals surface area contributed by atoms with Crippen molar-refractivity contribution in [2.24, 2.45) is 5.73 Å². The van der Waals surface area contributed by atoms with Gasteiger partial charge in [0.15, 0.2) is 5.69 Å². The molecule has 0 saturated carbocycles. The van der Waals surface area contributed by atoms with E-state index in [0.717, 1.165) is 6.07 Å². The van der Waals surface area contributed by atoms with Gasteiger partial charge in [-0.2, -0.15) is 18.3 Å². The molecular weight excluding hydrogens is 285 g/mol. The van der Waals surface area contributed by atoms with E-state index in [1.807, 2.05) is 0 Å². The molecule has 1 amide bonds. The standard InChI is InChI=1S/C13H13F3N4O/c1-18-12(21)11-4-5-20(19-11)9-2-3-10(13(14,15)16)8(6-9)7-17/h2-6H,7,17H2,1H3,(H,18,21). The summed E-state index contributed by atoms with van der Waals surface area (Å²) in [5.41, 5.74) is 5.15. The lowest BCUT2D eigenvalue weighted by atomic mass is 10.1. The smallest absolute Gasteiger partial charge is 0.354 e. The Morgan fingerprint density at radius 2 is 2.10 bits per heavy atom. The number of nitrogens with one attached hydrogen (secondary N) is 1. The zero-order valence-corrected chi connectivity index (χ0v) is 11.1. The SMILES string of the molecule is CNC(=O)c1ccn(-c2ccc(C(F)(F)F)c(CN)c2)n1. The van der Waals surface area contributed by atoms with Gasteiger partial charge in [-0.1, -0.05) is 0 Å². The highest BCUT2D eigenvalue weighted by Crippen LogP contribution is 2.32. The Hall–Kier alpha value is -2.35. The predicted octanol–water partition coefficient (Wildman–Crippen LogP) is 1.71. The van der Waals surface area contributed by atoms with Crippen molar-refractivity contribution in [1.29, 1.82) is 0 Å². The number of nitrogens with two attached hydrogens (primary N) is 1. The normalized spacial score (nSPS) is 11.5. The van der Waals surface area contributed by atoms with Gasteiger partial charge in [0.1, 0.15) is 0 Å². The number of nitrogens with zero attached hydrogens (tertiary/aromatic N) is 2. The Balaban J connectivity index is 2.42. The summed E-state index contributed by atoms with van der Waals surface area (Å²) in [4.78, 5) is 11.4. The van der Waals surface area contributed by atoms with Gasteiger partial charge in [0.2, 0.25) is 0 Å². The first-order valence-electron chi connectivity index (χ1n) is 6.05. The molecule has 1 aromatic heterocycles. The molecule has 8 heteroatoms. The van der Waals surface area contributed by atoms with Crippen molar-refractivity contribution in [3.05, 3.63) is 47.3 Å². The average molecular weight is 298 g/mol. The largest absolute Gasteiger partial charge is 0.416 e. The van der Waals surface area contributed by atoms with E-state index >= 15 is 0 Å². The fourth-order valence-electron chi connectivity index (χ4n) is 1.88. The number of carbonyl (C=O) groups excluding carboxylic acids is 1. The minimum Gasteiger partial charge on any atom is -0.354 e. The van der Waals surface area contributed by atoms with E-state index in [1.54, 1.807) is 0 Å². The third kappa shape index (κ3) is 3.05. The molecule has 0 fully saturated rings. The first-order chi connectivity index (χ1) is 9.86. The van der Waals surface area contributed by atoms with Crippen molar-refractivity contribution in [1.82, 2.24) is 15.1 Å². The van der Waals surface area contributed by atoms with Crippen molar-refractivity contribution < 1.29 is 18.0 Å². The van der Waals surface area contributed by atoms with Gasteiger partial charge in [0.05, 0.1) is 11.3 Å². The van der Waals surface area contributed by atoms with Crippen molar-refractivity contribution in [2.45, 2.75) is 12.7 Å². The van der Waals surface area contributed by atoms with E-state index in [9.17, 15) is 18.0 Å². The van der Waals surface area contributed by atoms with Gasteiger partial charge in [0, 0.05) is 19.8 Å². The predicted molar refractivity (Wildman–Crippen MR) is 69.8 cm³/mol. The highest BCUT2D eigenvalue weighted by Gasteiger charge is 2.33. The van der Waals surface area contributed by atoms with Crippen LogP contribution in [0.1, 0.15) is 21.6 Å². The summed E-state index contributed by atoms with van der Waals surface area (Å²) in [6, 6.07) is 5.02. The number of aromatic nitrogens is 2. The van der Waals surface area contributed by atoms with Crippen LogP contribution in [0.4, 0.5) is 13.2 Å². The van der Waals surface area contributed by atoms with Crippen molar-refractivity contribution in [2.75, 3.05) is 7.05 Å². The van der Waals surface area contributed by atoms with Gasteiger partial charge in [0.25, 0.3) is 5.91 Å². The lowest BCUT2D eigenvalue weighted by Crippen LogP contribution is -2.18. The number of halogens is 3. The summed E-state index contributed by atoms with van der Waals surface area (Å²) in [5.74, 6) is -0.375. The number of hydrogen-bond acceptors (Lipinski definition) is 3. The summed E-state index contributed by atoms with van der Waals surface area (Å²) in [6.07, 6.45) is -2.96. The van der Waals surface area contributed by atoms with Crippen LogP contribution in [-0.2, 0) is 12.7 Å². The van der Waals surface area contributed by atoms with Crippen LogP contribution in [0, 0.1) is 0 Å². The molecule has 5 nitrogen and oxygen atoms in total. The van der Waals surface area contributed by atoms with E-state index in [-0.39, 0.29) is 23.7 Å². The molecule has 0 aliphatic rings. The average Bonchev–Trinajstić information content (AvgIpc) is 2.94. The molecule has 21 heavy (non-hydrogen) atoms. The molecular formula is C13H13F3N4O. The van der Waals surface area contributed by atoms with Gasteiger partial charge in [-0.3, -0.25) is 4.79 Å². The molecule has 2 rings (SSSR count). The van der Waals surface area contributed by atoms with Gasteiger partial charge in [-0.25, -0.2) is 4.68 Å². The lowest BCUT2D eigenvalue weighted by Gasteiger charge is -2.13. The second-order valence-corrected chi connectivity index (χ2v) is 4.27. The Morgan fingerprint density at radius 3 is 2.67 bits per heavy atom. The number of amides is 1. The molecule has 1 heterocycles. The minimum absolute atomic E-state index is 0.0306. The summed E-state index contributed by atoms with van der Waals surface area (Å²) >= 11 is 0. The van der Waals surface area contributed by atoms with E-state index in [0.29, 0.717) is 5.69 Å². The maximum atomic E-state index is 12.8. The van der Waals surface area contributed by atoms with E-state index < -0.39 is 11.7 Å². The van der Waals surface area contributed by atoms with Gasteiger partial charge < -0.3 is 11.1 Å². The second-order valence-electron chi connectivity index (χ2n) is 4.27. The molecule has 0 saturated heterocycles. The van der Waals surface area contributed by atoms with E-state index in [1.165, 1.54) is 36.1 Å².